The SMILES string of the molecule is FC(F)(F)COc1ccc2oc(Br)nc2c1. The van der Waals surface area contributed by atoms with Gasteiger partial charge in [0.2, 0.25) is 0 Å². The Morgan fingerprint density at radius 2 is 2.12 bits per heavy atom. The number of hydrogen-bond acceptors (Lipinski definition) is 3. The summed E-state index contributed by atoms with van der Waals surface area (Å²) in [6, 6.07) is 4.28. The summed E-state index contributed by atoms with van der Waals surface area (Å²) in [4.78, 5) is 4.18. The van der Waals surface area contributed by atoms with E-state index in [4.69, 9.17) is 4.42 Å². The summed E-state index contributed by atoms with van der Waals surface area (Å²) < 4.78 is 45.3. The Morgan fingerprint density at radius 3 is 2.81 bits per heavy atom. The van der Waals surface area contributed by atoms with Gasteiger partial charge in [-0.15, -0.1) is 0 Å². The van der Waals surface area contributed by atoms with Crippen molar-refractivity contribution in [3.63, 3.8) is 0 Å². The van der Waals surface area contributed by atoms with E-state index in [0.29, 0.717) is 11.1 Å². The van der Waals surface area contributed by atoms with Crippen LogP contribution in [0.3, 0.4) is 0 Å². The molecule has 0 bridgehead atoms. The Bertz CT molecular complexity index is 509. The van der Waals surface area contributed by atoms with Crippen molar-refractivity contribution in [3.8, 4) is 5.75 Å². The second-order valence-corrected chi connectivity index (χ2v) is 3.68. The molecule has 2 rings (SSSR count). The molecule has 1 aromatic heterocycles. The molecule has 2 aromatic rings. The summed E-state index contributed by atoms with van der Waals surface area (Å²) in [7, 11) is 0. The van der Waals surface area contributed by atoms with Crippen LogP contribution >= 0.6 is 15.9 Å². The Hall–Kier alpha value is -1.24. The van der Waals surface area contributed by atoms with Crippen LogP contribution in [0.2, 0.25) is 0 Å². The summed E-state index contributed by atoms with van der Waals surface area (Å²) in [5.41, 5.74) is 0.915. The second-order valence-electron chi connectivity index (χ2n) is 3.00. The molecule has 0 fully saturated rings. The van der Waals surface area contributed by atoms with Gasteiger partial charge in [0.25, 0.3) is 4.80 Å². The van der Waals surface area contributed by atoms with Gasteiger partial charge in [0, 0.05) is 22.0 Å². The fourth-order valence-corrected chi connectivity index (χ4v) is 1.50. The Balaban J connectivity index is 2.19. The first-order valence-electron chi connectivity index (χ1n) is 4.20. The summed E-state index contributed by atoms with van der Waals surface area (Å²) in [5, 5.41) is 0. The molecular formula is C9H5BrF3NO2. The summed E-state index contributed by atoms with van der Waals surface area (Å²) in [5.74, 6) is 0.102. The molecule has 0 saturated carbocycles. The van der Waals surface area contributed by atoms with E-state index in [1.807, 2.05) is 0 Å². The zero-order chi connectivity index (χ0) is 11.8. The highest BCUT2D eigenvalue weighted by molar-refractivity contribution is 9.10. The first kappa shape index (κ1) is 11.3. The molecular weight excluding hydrogens is 291 g/mol. The lowest BCUT2D eigenvalue weighted by atomic mass is 10.3. The van der Waals surface area contributed by atoms with Crippen molar-refractivity contribution in [2.75, 3.05) is 6.61 Å². The normalized spacial score (nSPS) is 12.0. The predicted octanol–water partition coefficient (Wildman–Crippen LogP) is 3.53. The summed E-state index contributed by atoms with van der Waals surface area (Å²) in [6.07, 6.45) is -4.35. The van der Waals surface area contributed by atoms with Gasteiger partial charge >= 0.3 is 6.18 Å². The van der Waals surface area contributed by atoms with Crippen molar-refractivity contribution in [2.45, 2.75) is 6.18 Å². The maximum Gasteiger partial charge on any atom is 0.422 e. The first-order chi connectivity index (χ1) is 7.44. The van der Waals surface area contributed by atoms with Gasteiger partial charge in [-0.25, -0.2) is 4.98 Å². The number of alkyl halides is 3. The zero-order valence-corrected chi connectivity index (χ0v) is 9.30. The van der Waals surface area contributed by atoms with Crippen LogP contribution in [0.25, 0.3) is 11.1 Å². The molecule has 0 aliphatic carbocycles. The monoisotopic (exact) mass is 295 g/mol. The molecule has 16 heavy (non-hydrogen) atoms. The van der Waals surface area contributed by atoms with E-state index in [0.717, 1.165) is 0 Å². The lowest BCUT2D eigenvalue weighted by Gasteiger charge is -2.08. The molecule has 1 heterocycles. The van der Waals surface area contributed by atoms with E-state index in [1.165, 1.54) is 18.2 Å². The van der Waals surface area contributed by atoms with Gasteiger partial charge in [-0.3, -0.25) is 0 Å². The van der Waals surface area contributed by atoms with Crippen LogP contribution in [0.15, 0.2) is 27.4 Å². The van der Waals surface area contributed by atoms with Crippen LogP contribution in [0.1, 0.15) is 0 Å². The molecule has 0 radical (unpaired) electrons. The van der Waals surface area contributed by atoms with Crippen LogP contribution in [-0.4, -0.2) is 17.8 Å². The number of fused-ring (bicyclic) bond motifs is 1. The number of aromatic nitrogens is 1. The number of rotatable bonds is 2. The molecule has 0 aliphatic rings. The third-order valence-corrected chi connectivity index (χ3v) is 2.07. The van der Waals surface area contributed by atoms with Crippen LogP contribution < -0.4 is 4.74 Å². The number of ether oxygens (including phenoxy) is 1. The number of nitrogens with zero attached hydrogens (tertiary/aromatic N) is 1. The molecule has 0 spiro atoms. The maximum atomic E-state index is 11.9. The lowest BCUT2D eigenvalue weighted by Crippen LogP contribution is -2.19. The van der Waals surface area contributed by atoms with E-state index in [-0.39, 0.29) is 10.5 Å². The van der Waals surface area contributed by atoms with Crippen molar-refractivity contribution in [3.05, 3.63) is 23.0 Å². The Kier molecular flexibility index (Phi) is 2.79. The summed E-state index contributed by atoms with van der Waals surface area (Å²) >= 11 is 3.02. The van der Waals surface area contributed by atoms with Gasteiger partial charge in [-0.05, 0) is 12.1 Å². The van der Waals surface area contributed by atoms with Crippen molar-refractivity contribution < 1.29 is 22.3 Å². The van der Waals surface area contributed by atoms with Crippen LogP contribution in [0, 0.1) is 0 Å². The minimum Gasteiger partial charge on any atom is -0.484 e. The minimum absolute atomic E-state index is 0.102. The number of oxazole rings is 1. The topological polar surface area (TPSA) is 35.3 Å². The van der Waals surface area contributed by atoms with E-state index in [9.17, 15) is 13.2 Å². The first-order valence-corrected chi connectivity index (χ1v) is 4.99. The molecule has 0 unspecified atom stereocenters. The largest absolute Gasteiger partial charge is 0.484 e. The molecule has 0 amide bonds. The maximum absolute atomic E-state index is 11.9. The molecule has 1 aromatic carbocycles. The van der Waals surface area contributed by atoms with Gasteiger partial charge in [0.1, 0.15) is 11.3 Å². The van der Waals surface area contributed by atoms with Crippen molar-refractivity contribution in [2.24, 2.45) is 0 Å². The Labute approximate surface area is 96.3 Å². The fraction of sp³-hybridized carbons (Fsp3) is 0.222. The standard InChI is InChI=1S/C9H5BrF3NO2/c10-8-14-6-3-5(1-2-7(6)16-8)15-4-9(11,12)13/h1-3H,4H2. The van der Waals surface area contributed by atoms with E-state index >= 15 is 0 Å². The number of benzene rings is 1. The van der Waals surface area contributed by atoms with Gasteiger partial charge in [-0.1, -0.05) is 0 Å². The summed E-state index contributed by atoms with van der Waals surface area (Å²) in [6.45, 7) is -1.32. The third-order valence-electron chi connectivity index (χ3n) is 1.74. The fourth-order valence-electron chi connectivity index (χ4n) is 1.13. The Morgan fingerprint density at radius 1 is 1.38 bits per heavy atom. The van der Waals surface area contributed by atoms with Gasteiger partial charge in [0.05, 0.1) is 0 Å². The van der Waals surface area contributed by atoms with Crippen molar-refractivity contribution in [1.29, 1.82) is 0 Å². The van der Waals surface area contributed by atoms with Crippen LogP contribution in [0.4, 0.5) is 13.2 Å². The van der Waals surface area contributed by atoms with Crippen molar-refractivity contribution in [1.82, 2.24) is 4.98 Å². The molecule has 3 nitrogen and oxygen atoms in total. The third kappa shape index (κ3) is 2.66. The van der Waals surface area contributed by atoms with Crippen molar-refractivity contribution >= 4 is 27.0 Å². The van der Waals surface area contributed by atoms with Gasteiger partial charge < -0.3 is 9.15 Å². The molecule has 0 aliphatic heterocycles. The molecule has 0 saturated heterocycles. The van der Waals surface area contributed by atoms with Gasteiger partial charge in [0.15, 0.2) is 12.2 Å². The molecule has 0 N–H and O–H groups in total. The second kappa shape index (κ2) is 3.97. The molecule has 0 atom stereocenters. The lowest BCUT2D eigenvalue weighted by molar-refractivity contribution is -0.153. The molecule has 86 valence electrons. The quantitative estimate of drug-likeness (QED) is 0.850. The highest BCUT2D eigenvalue weighted by Gasteiger charge is 2.28. The van der Waals surface area contributed by atoms with Crippen LogP contribution in [-0.2, 0) is 0 Å². The van der Waals surface area contributed by atoms with E-state index < -0.39 is 12.8 Å². The average Bonchev–Trinajstić information content (AvgIpc) is 2.52. The zero-order valence-electron chi connectivity index (χ0n) is 7.71. The van der Waals surface area contributed by atoms with Crippen LogP contribution in [0.5, 0.6) is 5.75 Å². The van der Waals surface area contributed by atoms with E-state index in [2.05, 4.69) is 25.7 Å². The average molecular weight is 296 g/mol. The number of halogens is 4. The van der Waals surface area contributed by atoms with E-state index in [1.54, 1.807) is 0 Å². The molecule has 7 heteroatoms. The number of hydrogen-bond donors (Lipinski definition) is 0. The smallest absolute Gasteiger partial charge is 0.422 e. The predicted molar refractivity (Wildman–Crippen MR) is 53.3 cm³/mol. The minimum atomic E-state index is -4.35. The van der Waals surface area contributed by atoms with Gasteiger partial charge in [-0.2, -0.15) is 13.2 Å². The highest BCUT2D eigenvalue weighted by atomic mass is 79.9. The highest BCUT2D eigenvalue weighted by Crippen LogP contribution is 2.25.